The minimum atomic E-state index is -0.798. The highest BCUT2D eigenvalue weighted by Gasteiger charge is 2.30. The van der Waals surface area contributed by atoms with Gasteiger partial charge in [0.15, 0.2) is 0 Å². The monoisotopic (exact) mass is 381 g/mol. The van der Waals surface area contributed by atoms with Crippen molar-refractivity contribution >= 4 is 16.9 Å². The maximum Gasteiger partial charge on any atom is 0.321 e. The SMILES string of the molecule is Cc1noc(C)c1Cn1cc2c3c(cccc31)[C@H](CC(C)C)N[C@H](C(=O)O)C2. The van der Waals surface area contributed by atoms with Gasteiger partial charge in [0, 0.05) is 35.1 Å². The number of hydrogen-bond donors (Lipinski definition) is 2. The van der Waals surface area contributed by atoms with Crippen molar-refractivity contribution in [2.45, 2.75) is 59.2 Å². The van der Waals surface area contributed by atoms with Crippen LogP contribution >= 0.6 is 0 Å². The maximum atomic E-state index is 11.9. The summed E-state index contributed by atoms with van der Waals surface area (Å²) in [5, 5.41) is 18.4. The first-order valence-electron chi connectivity index (χ1n) is 9.86. The highest BCUT2D eigenvalue weighted by Crippen LogP contribution is 2.36. The molecule has 28 heavy (non-hydrogen) atoms. The molecule has 2 aromatic heterocycles. The lowest BCUT2D eigenvalue weighted by atomic mass is 9.94. The van der Waals surface area contributed by atoms with Crippen LogP contribution in [0.3, 0.4) is 0 Å². The molecule has 0 radical (unpaired) electrons. The Bertz CT molecular complexity index is 1010. The van der Waals surface area contributed by atoms with Crippen LogP contribution in [0.1, 0.15) is 54.5 Å². The number of aliphatic carboxylic acids is 1. The predicted molar refractivity (Wildman–Crippen MR) is 107 cm³/mol. The van der Waals surface area contributed by atoms with E-state index in [1.54, 1.807) is 0 Å². The molecule has 0 unspecified atom stereocenters. The molecular weight excluding hydrogens is 354 g/mol. The Kier molecular flexibility index (Phi) is 4.75. The van der Waals surface area contributed by atoms with E-state index in [4.69, 9.17) is 4.52 Å². The lowest BCUT2D eigenvalue weighted by Gasteiger charge is -2.23. The van der Waals surface area contributed by atoms with Crippen LogP contribution in [-0.2, 0) is 17.8 Å². The first-order chi connectivity index (χ1) is 13.3. The topological polar surface area (TPSA) is 80.3 Å². The summed E-state index contributed by atoms with van der Waals surface area (Å²) in [6.07, 6.45) is 3.48. The highest BCUT2D eigenvalue weighted by atomic mass is 16.5. The number of carbonyl (C=O) groups is 1. The van der Waals surface area contributed by atoms with Crippen molar-refractivity contribution in [3.63, 3.8) is 0 Å². The number of nitrogens with one attached hydrogen (secondary N) is 1. The Morgan fingerprint density at radius 1 is 1.39 bits per heavy atom. The average molecular weight is 381 g/mol. The number of aromatic nitrogens is 2. The van der Waals surface area contributed by atoms with Gasteiger partial charge in [-0.1, -0.05) is 31.1 Å². The van der Waals surface area contributed by atoms with Gasteiger partial charge in [-0.2, -0.15) is 0 Å². The van der Waals surface area contributed by atoms with Crippen molar-refractivity contribution in [3.8, 4) is 0 Å². The third-order valence-corrected chi connectivity index (χ3v) is 5.73. The Labute approximate surface area is 164 Å². The number of benzene rings is 1. The quantitative estimate of drug-likeness (QED) is 0.699. The molecule has 6 heteroatoms. The molecule has 2 atom stereocenters. The van der Waals surface area contributed by atoms with E-state index in [1.165, 1.54) is 10.9 Å². The van der Waals surface area contributed by atoms with Gasteiger partial charge in [-0.15, -0.1) is 0 Å². The Hall–Kier alpha value is -2.60. The van der Waals surface area contributed by atoms with Gasteiger partial charge in [0.05, 0.1) is 12.2 Å². The smallest absolute Gasteiger partial charge is 0.321 e. The summed E-state index contributed by atoms with van der Waals surface area (Å²) in [6.45, 7) is 8.90. The number of nitrogens with zero attached hydrogens (tertiary/aromatic N) is 2. The molecule has 0 saturated carbocycles. The van der Waals surface area contributed by atoms with Crippen LogP contribution in [0.4, 0.5) is 0 Å². The molecule has 4 rings (SSSR count). The largest absolute Gasteiger partial charge is 0.480 e. The summed E-state index contributed by atoms with van der Waals surface area (Å²) >= 11 is 0. The minimum absolute atomic E-state index is 0.0287. The van der Waals surface area contributed by atoms with Gasteiger partial charge in [0.25, 0.3) is 0 Å². The number of aryl methyl sites for hydroxylation is 2. The van der Waals surface area contributed by atoms with Gasteiger partial charge in [0.1, 0.15) is 11.8 Å². The summed E-state index contributed by atoms with van der Waals surface area (Å²) in [4.78, 5) is 11.9. The van der Waals surface area contributed by atoms with Gasteiger partial charge in [-0.05, 0) is 43.4 Å². The van der Waals surface area contributed by atoms with Crippen LogP contribution in [-0.4, -0.2) is 26.8 Å². The Balaban J connectivity index is 1.85. The van der Waals surface area contributed by atoms with Crippen molar-refractivity contribution in [1.82, 2.24) is 15.0 Å². The summed E-state index contributed by atoms with van der Waals surface area (Å²) in [7, 11) is 0. The van der Waals surface area contributed by atoms with Gasteiger partial charge in [-0.3, -0.25) is 10.1 Å². The molecule has 0 aliphatic carbocycles. The van der Waals surface area contributed by atoms with E-state index in [0.29, 0.717) is 18.9 Å². The van der Waals surface area contributed by atoms with Gasteiger partial charge >= 0.3 is 5.97 Å². The minimum Gasteiger partial charge on any atom is -0.480 e. The summed E-state index contributed by atoms with van der Waals surface area (Å²) < 4.78 is 7.53. The van der Waals surface area contributed by atoms with E-state index in [1.807, 2.05) is 13.8 Å². The molecular formula is C22H27N3O3. The van der Waals surface area contributed by atoms with Crippen LogP contribution in [0.2, 0.25) is 0 Å². The zero-order chi connectivity index (χ0) is 20.0. The second-order valence-electron chi connectivity index (χ2n) is 8.27. The molecule has 1 aromatic carbocycles. The van der Waals surface area contributed by atoms with E-state index in [2.05, 4.69) is 53.3 Å². The van der Waals surface area contributed by atoms with Gasteiger partial charge < -0.3 is 14.2 Å². The van der Waals surface area contributed by atoms with Crippen molar-refractivity contribution < 1.29 is 14.4 Å². The molecule has 2 N–H and O–H groups in total. The normalized spacial score (nSPS) is 19.3. The molecule has 3 heterocycles. The first-order valence-corrected chi connectivity index (χ1v) is 9.86. The fraction of sp³-hybridized carbons (Fsp3) is 0.455. The van der Waals surface area contributed by atoms with E-state index in [-0.39, 0.29) is 6.04 Å². The zero-order valence-corrected chi connectivity index (χ0v) is 16.8. The van der Waals surface area contributed by atoms with Crippen molar-refractivity contribution in [2.75, 3.05) is 0 Å². The number of carboxylic acid groups (broad SMARTS) is 1. The van der Waals surface area contributed by atoms with Crippen LogP contribution in [0.15, 0.2) is 28.9 Å². The molecule has 0 amide bonds. The third-order valence-electron chi connectivity index (χ3n) is 5.73. The van der Waals surface area contributed by atoms with Gasteiger partial charge in [0.2, 0.25) is 0 Å². The van der Waals surface area contributed by atoms with E-state index < -0.39 is 12.0 Å². The van der Waals surface area contributed by atoms with Crippen LogP contribution < -0.4 is 5.32 Å². The van der Waals surface area contributed by atoms with Crippen molar-refractivity contribution in [2.24, 2.45) is 5.92 Å². The second kappa shape index (κ2) is 7.09. The first kappa shape index (κ1) is 18.7. The van der Waals surface area contributed by atoms with Crippen LogP contribution in [0.25, 0.3) is 10.9 Å². The van der Waals surface area contributed by atoms with Crippen molar-refractivity contribution in [1.29, 1.82) is 0 Å². The second-order valence-corrected chi connectivity index (χ2v) is 8.27. The standard InChI is InChI=1S/C22H27N3O3/c1-12(2)8-18-16-6-5-7-20-21(16)15(9-19(23-18)22(26)27)10-25(20)11-17-13(3)24-28-14(17)4/h5-7,10,12,18-19,23H,8-9,11H2,1-4H3,(H,26,27)/t18-,19-/m0/s1. The third kappa shape index (κ3) is 3.22. The molecule has 0 fully saturated rings. The molecule has 0 saturated heterocycles. The average Bonchev–Trinajstić information content (AvgIpc) is 3.09. The Morgan fingerprint density at radius 3 is 2.82 bits per heavy atom. The summed E-state index contributed by atoms with van der Waals surface area (Å²) in [6, 6.07) is 5.77. The maximum absolute atomic E-state index is 11.9. The number of hydrogen-bond acceptors (Lipinski definition) is 4. The van der Waals surface area contributed by atoms with E-state index in [0.717, 1.165) is 34.5 Å². The summed E-state index contributed by atoms with van der Waals surface area (Å²) in [5.74, 6) is 0.494. The van der Waals surface area contributed by atoms with Gasteiger partial charge in [-0.25, -0.2) is 0 Å². The molecule has 1 aliphatic heterocycles. The fourth-order valence-corrected chi connectivity index (χ4v) is 4.38. The number of carboxylic acids is 1. The molecule has 3 aromatic rings. The van der Waals surface area contributed by atoms with E-state index >= 15 is 0 Å². The molecule has 0 bridgehead atoms. The Morgan fingerprint density at radius 2 is 2.18 bits per heavy atom. The fourth-order valence-electron chi connectivity index (χ4n) is 4.38. The van der Waals surface area contributed by atoms with Crippen molar-refractivity contribution in [3.05, 3.63) is 52.5 Å². The molecule has 6 nitrogen and oxygen atoms in total. The van der Waals surface area contributed by atoms with Crippen LogP contribution in [0, 0.1) is 19.8 Å². The van der Waals surface area contributed by atoms with Crippen LogP contribution in [0.5, 0.6) is 0 Å². The van der Waals surface area contributed by atoms with E-state index in [9.17, 15) is 9.90 Å². The zero-order valence-electron chi connectivity index (χ0n) is 16.8. The molecule has 148 valence electrons. The number of rotatable bonds is 5. The lowest BCUT2D eigenvalue weighted by Crippen LogP contribution is -2.40. The molecule has 1 aliphatic rings. The predicted octanol–water partition coefficient (Wildman–Crippen LogP) is 3.98. The molecule has 0 spiro atoms. The summed E-state index contributed by atoms with van der Waals surface area (Å²) in [5.41, 5.74) is 5.39. The lowest BCUT2D eigenvalue weighted by molar-refractivity contribution is -0.139. The highest BCUT2D eigenvalue weighted by molar-refractivity contribution is 5.89.